The fourth-order valence-electron chi connectivity index (χ4n) is 3.34. The van der Waals surface area contributed by atoms with Crippen molar-refractivity contribution < 1.29 is 37.0 Å². The van der Waals surface area contributed by atoms with E-state index < -0.39 is 29.5 Å². The van der Waals surface area contributed by atoms with Gasteiger partial charge in [-0.1, -0.05) is 23.7 Å². The molecule has 0 saturated carbocycles. The van der Waals surface area contributed by atoms with Gasteiger partial charge in [0.25, 0.3) is 5.91 Å². The van der Waals surface area contributed by atoms with E-state index >= 15 is 0 Å². The average molecular weight is 555 g/mol. The number of carbonyl (C=O) groups excluding carboxylic acids is 3. The molecule has 2 amide bonds. The van der Waals surface area contributed by atoms with Gasteiger partial charge >= 0.3 is 12.1 Å². The lowest BCUT2D eigenvalue weighted by Crippen LogP contribution is -2.16. The van der Waals surface area contributed by atoms with Crippen molar-refractivity contribution in [3.8, 4) is 5.75 Å². The van der Waals surface area contributed by atoms with Crippen molar-refractivity contribution in [2.24, 2.45) is 0 Å². The molecule has 0 fully saturated rings. The zero-order valence-electron chi connectivity index (χ0n) is 19.9. The number of carbonyl (C=O) groups is 3. The molecule has 2 aromatic carbocycles. The van der Waals surface area contributed by atoms with Crippen LogP contribution in [0, 0.1) is 6.92 Å². The predicted octanol–water partition coefficient (Wildman–Crippen LogP) is 6.35. The van der Waals surface area contributed by atoms with E-state index in [1.165, 1.54) is 14.0 Å². The molecule has 0 atom stereocenters. The summed E-state index contributed by atoms with van der Waals surface area (Å²) in [5, 5.41) is 4.97. The number of alkyl halides is 3. The van der Waals surface area contributed by atoms with E-state index in [4.69, 9.17) is 21.1 Å². The largest absolute Gasteiger partial charge is 0.497 e. The standard InChI is InChI=1S/C25H22ClF3N2O5S/c1-4-36-24(34)20-13(2)21(22(33)30-18-12-15(25(27,28)29)7-10-17(18)26)37-23(20)31-19(32)11-14-5-8-16(35-3)9-6-14/h5-10,12H,4,11H2,1-3H3,(H,30,33)(H,31,32). The minimum atomic E-state index is -4.64. The van der Waals surface area contributed by atoms with Crippen LogP contribution in [-0.4, -0.2) is 31.5 Å². The molecule has 0 aliphatic carbocycles. The lowest BCUT2D eigenvalue weighted by Gasteiger charge is -2.11. The molecule has 2 N–H and O–H groups in total. The Hall–Kier alpha value is -3.57. The Bertz CT molecular complexity index is 1320. The summed E-state index contributed by atoms with van der Waals surface area (Å²) in [6, 6.07) is 9.35. The first-order chi connectivity index (χ1) is 17.4. The van der Waals surface area contributed by atoms with Crippen molar-refractivity contribution in [1.29, 1.82) is 0 Å². The molecule has 0 radical (unpaired) electrons. The van der Waals surface area contributed by atoms with Gasteiger partial charge in [-0.15, -0.1) is 11.3 Å². The number of amides is 2. The van der Waals surface area contributed by atoms with Gasteiger partial charge in [0.1, 0.15) is 10.8 Å². The molecule has 3 aromatic rings. The van der Waals surface area contributed by atoms with Crippen LogP contribution in [0.5, 0.6) is 5.75 Å². The number of nitrogens with one attached hydrogen (secondary N) is 2. The number of anilines is 2. The summed E-state index contributed by atoms with van der Waals surface area (Å²) in [7, 11) is 1.52. The van der Waals surface area contributed by atoms with Gasteiger partial charge in [-0.25, -0.2) is 4.79 Å². The van der Waals surface area contributed by atoms with E-state index in [9.17, 15) is 27.6 Å². The fourth-order valence-corrected chi connectivity index (χ4v) is 4.61. The smallest absolute Gasteiger partial charge is 0.416 e. The van der Waals surface area contributed by atoms with Crippen LogP contribution >= 0.6 is 22.9 Å². The number of ether oxygens (including phenoxy) is 2. The first-order valence-corrected chi connectivity index (χ1v) is 12.0. The Balaban J connectivity index is 1.89. The van der Waals surface area contributed by atoms with E-state index in [1.54, 1.807) is 31.2 Å². The second-order valence-electron chi connectivity index (χ2n) is 7.70. The molecule has 0 aliphatic heterocycles. The molecular formula is C25H22ClF3N2O5S. The zero-order chi connectivity index (χ0) is 27.3. The van der Waals surface area contributed by atoms with Crippen LogP contribution in [-0.2, 0) is 22.1 Å². The Morgan fingerprint density at radius 3 is 2.32 bits per heavy atom. The predicted molar refractivity (Wildman–Crippen MR) is 135 cm³/mol. The summed E-state index contributed by atoms with van der Waals surface area (Å²) in [4.78, 5) is 38.4. The quantitative estimate of drug-likeness (QED) is 0.317. The van der Waals surface area contributed by atoms with Gasteiger partial charge in [-0.2, -0.15) is 13.2 Å². The van der Waals surface area contributed by atoms with Crippen LogP contribution in [0.3, 0.4) is 0 Å². The highest BCUT2D eigenvalue weighted by atomic mass is 35.5. The van der Waals surface area contributed by atoms with Gasteiger partial charge in [0.2, 0.25) is 5.91 Å². The first-order valence-electron chi connectivity index (χ1n) is 10.9. The third kappa shape index (κ3) is 6.80. The third-order valence-electron chi connectivity index (χ3n) is 5.15. The molecule has 3 rings (SSSR count). The van der Waals surface area contributed by atoms with Gasteiger partial charge in [0.15, 0.2) is 0 Å². The SMILES string of the molecule is CCOC(=O)c1c(NC(=O)Cc2ccc(OC)cc2)sc(C(=O)Nc2cc(C(F)(F)F)ccc2Cl)c1C. The second kappa shape index (κ2) is 11.7. The summed E-state index contributed by atoms with van der Waals surface area (Å²) in [6.07, 6.45) is -4.66. The van der Waals surface area contributed by atoms with Gasteiger partial charge < -0.3 is 20.1 Å². The second-order valence-corrected chi connectivity index (χ2v) is 9.13. The number of rotatable bonds is 8. The Morgan fingerprint density at radius 2 is 1.73 bits per heavy atom. The lowest BCUT2D eigenvalue weighted by atomic mass is 10.1. The summed E-state index contributed by atoms with van der Waals surface area (Å²) < 4.78 is 49.5. The van der Waals surface area contributed by atoms with Crippen LogP contribution in [0.15, 0.2) is 42.5 Å². The molecule has 0 saturated heterocycles. The molecule has 0 aliphatic rings. The van der Waals surface area contributed by atoms with E-state index in [-0.39, 0.29) is 44.7 Å². The van der Waals surface area contributed by atoms with Crippen molar-refractivity contribution in [3.05, 3.63) is 74.6 Å². The molecular weight excluding hydrogens is 533 g/mol. The summed E-state index contributed by atoms with van der Waals surface area (Å²) in [5.74, 6) is -1.39. The minimum Gasteiger partial charge on any atom is -0.497 e. The van der Waals surface area contributed by atoms with Crippen molar-refractivity contribution in [2.75, 3.05) is 24.4 Å². The Morgan fingerprint density at radius 1 is 1.05 bits per heavy atom. The third-order valence-corrected chi connectivity index (χ3v) is 6.69. The molecule has 196 valence electrons. The van der Waals surface area contributed by atoms with Gasteiger partial charge in [-0.3, -0.25) is 9.59 Å². The summed E-state index contributed by atoms with van der Waals surface area (Å²) >= 11 is 6.79. The maximum Gasteiger partial charge on any atom is 0.416 e. The molecule has 0 bridgehead atoms. The first kappa shape index (κ1) is 28.0. The highest BCUT2D eigenvalue weighted by Gasteiger charge is 2.32. The number of esters is 1. The number of hydrogen-bond acceptors (Lipinski definition) is 6. The lowest BCUT2D eigenvalue weighted by molar-refractivity contribution is -0.137. The molecule has 1 aromatic heterocycles. The van der Waals surface area contributed by atoms with Crippen LogP contribution in [0.2, 0.25) is 5.02 Å². The number of benzene rings is 2. The summed E-state index contributed by atoms with van der Waals surface area (Å²) in [5.41, 5.74) is -0.383. The Labute approximate surface area is 219 Å². The van der Waals surface area contributed by atoms with E-state index in [0.29, 0.717) is 17.4 Å². The van der Waals surface area contributed by atoms with Crippen LogP contribution in [0.25, 0.3) is 0 Å². The fraction of sp³-hybridized carbons (Fsp3) is 0.240. The molecule has 0 spiro atoms. The van der Waals surface area contributed by atoms with Crippen molar-refractivity contribution in [3.63, 3.8) is 0 Å². The number of thiophene rings is 1. The maximum absolute atomic E-state index is 13.1. The average Bonchev–Trinajstić information content (AvgIpc) is 3.15. The molecule has 12 heteroatoms. The topological polar surface area (TPSA) is 93.7 Å². The normalized spacial score (nSPS) is 11.1. The van der Waals surface area contributed by atoms with Crippen molar-refractivity contribution in [1.82, 2.24) is 0 Å². The van der Waals surface area contributed by atoms with Crippen molar-refractivity contribution >= 4 is 51.4 Å². The van der Waals surface area contributed by atoms with E-state index in [1.807, 2.05) is 0 Å². The van der Waals surface area contributed by atoms with Crippen LogP contribution < -0.4 is 15.4 Å². The van der Waals surface area contributed by atoms with Gasteiger partial charge in [0.05, 0.1) is 46.9 Å². The van der Waals surface area contributed by atoms with Crippen LogP contribution in [0.1, 0.15) is 43.6 Å². The zero-order valence-corrected chi connectivity index (χ0v) is 21.5. The van der Waals surface area contributed by atoms with E-state index in [0.717, 1.165) is 23.5 Å². The molecule has 0 unspecified atom stereocenters. The van der Waals surface area contributed by atoms with Gasteiger partial charge in [0, 0.05) is 0 Å². The maximum atomic E-state index is 13.1. The summed E-state index contributed by atoms with van der Waals surface area (Å²) in [6.45, 7) is 3.13. The van der Waals surface area contributed by atoms with Gasteiger partial charge in [-0.05, 0) is 55.3 Å². The molecule has 7 nitrogen and oxygen atoms in total. The number of halogens is 4. The number of methoxy groups -OCH3 is 1. The monoisotopic (exact) mass is 554 g/mol. The number of hydrogen-bond donors (Lipinski definition) is 2. The van der Waals surface area contributed by atoms with Crippen molar-refractivity contribution in [2.45, 2.75) is 26.4 Å². The molecule has 37 heavy (non-hydrogen) atoms. The van der Waals surface area contributed by atoms with Crippen LogP contribution in [0.4, 0.5) is 23.9 Å². The minimum absolute atomic E-state index is 0.00345. The van der Waals surface area contributed by atoms with E-state index in [2.05, 4.69) is 10.6 Å². The highest BCUT2D eigenvalue weighted by molar-refractivity contribution is 7.19. The molecule has 1 heterocycles. The highest BCUT2D eigenvalue weighted by Crippen LogP contribution is 2.37. The Kier molecular flexibility index (Phi) is 8.82.